The van der Waals surface area contributed by atoms with Gasteiger partial charge < -0.3 is 4.57 Å². The molecule has 1 heterocycles. The molecule has 1 fully saturated rings. The van der Waals surface area contributed by atoms with Crippen molar-refractivity contribution in [1.29, 1.82) is 0 Å². The van der Waals surface area contributed by atoms with Gasteiger partial charge in [0.05, 0.1) is 16.9 Å². The van der Waals surface area contributed by atoms with Crippen molar-refractivity contribution >= 4 is 34.4 Å². The van der Waals surface area contributed by atoms with Crippen LogP contribution in [0.2, 0.25) is 0 Å². The number of alkyl halides is 1. The number of hydrogen-bond donors (Lipinski definition) is 0. The number of aromatic nitrogens is 2. The molecule has 0 N–H and O–H groups in total. The predicted molar refractivity (Wildman–Crippen MR) is 74.8 cm³/mol. The van der Waals surface area contributed by atoms with E-state index in [-0.39, 0.29) is 0 Å². The molecule has 1 aliphatic rings. The van der Waals surface area contributed by atoms with Gasteiger partial charge in [-0.25, -0.2) is 4.98 Å². The molecular formula is C13H15ClN2S. The molecule has 0 radical (unpaired) electrons. The first-order valence-corrected chi connectivity index (χ1v) is 7.59. The normalized spacial score (nSPS) is 17.5. The minimum Gasteiger partial charge on any atom is -0.326 e. The Balaban J connectivity index is 2.06. The maximum Gasteiger partial charge on any atom is 0.124 e. The molecule has 0 saturated heterocycles. The van der Waals surface area contributed by atoms with Crippen LogP contribution >= 0.6 is 23.4 Å². The Morgan fingerprint density at radius 2 is 2.18 bits per heavy atom. The summed E-state index contributed by atoms with van der Waals surface area (Å²) in [6, 6.07) is 8.28. The average molecular weight is 267 g/mol. The number of hydrogen-bond acceptors (Lipinski definition) is 2. The van der Waals surface area contributed by atoms with E-state index in [1.807, 2.05) is 17.8 Å². The minimum atomic E-state index is 0.435. The smallest absolute Gasteiger partial charge is 0.124 e. The quantitative estimate of drug-likeness (QED) is 0.786. The van der Waals surface area contributed by atoms with Crippen molar-refractivity contribution in [2.24, 2.45) is 0 Å². The van der Waals surface area contributed by atoms with E-state index >= 15 is 0 Å². The van der Waals surface area contributed by atoms with Crippen LogP contribution in [-0.2, 0) is 12.4 Å². The van der Waals surface area contributed by atoms with Crippen LogP contribution in [0.25, 0.3) is 11.0 Å². The molecule has 0 bridgehead atoms. The summed E-state index contributed by atoms with van der Waals surface area (Å²) in [4.78, 5) is 4.60. The molecule has 0 spiro atoms. The molecular weight excluding hydrogens is 252 g/mol. The van der Waals surface area contributed by atoms with Crippen LogP contribution < -0.4 is 0 Å². The number of rotatable bonds is 4. The van der Waals surface area contributed by atoms with Gasteiger partial charge in [-0.3, -0.25) is 0 Å². The van der Waals surface area contributed by atoms with Gasteiger partial charge in [0.25, 0.3) is 0 Å². The molecule has 90 valence electrons. The molecule has 1 aromatic carbocycles. The minimum absolute atomic E-state index is 0.435. The van der Waals surface area contributed by atoms with Crippen molar-refractivity contribution < 1.29 is 0 Å². The average Bonchev–Trinajstić information content (AvgIpc) is 3.06. The third-order valence-corrected chi connectivity index (χ3v) is 5.18. The third-order valence-electron chi connectivity index (χ3n) is 3.54. The Kier molecular flexibility index (Phi) is 2.83. The van der Waals surface area contributed by atoms with Crippen molar-refractivity contribution in [3.63, 3.8) is 0 Å². The summed E-state index contributed by atoms with van der Waals surface area (Å²) >= 11 is 7.98. The number of para-hydroxylation sites is 2. The van der Waals surface area contributed by atoms with E-state index in [1.165, 1.54) is 18.4 Å². The second-order valence-electron chi connectivity index (χ2n) is 4.62. The number of benzene rings is 1. The van der Waals surface area contributed by atoms with Gasteiger partial charge in [-0.05, 0) is 31.2 Å². The lowest BCUT2D eigenvalue weighted by atomic mass is 10.3. The predicted octanol–water partition coefficient (Wildman–Crippen LogP) is 3.67. The van der Waals surface area contributed by atoms with Gasteiger partial charge >= 0.3 is 0 Å². The Labute approximate surface area is 110 Å². The zero-order chi connectivity index (χ0) is 11.9. The summed E-state index contributed by atoms with van der Waals surface area (Å²) in [5.41, 5.74) is 2.27. The van der Waals surface area contributed by atoms with Crippen LogP contribution in [0, 0.1) is 0 Å². The van der Waals surface area contributed by atoms with Gasteiger partial charge in [-0.1, -0.05) is 12.1 Å². The van der Waals surface area contributed by atoms with E-state index in [0.717, 1.165) is 17.9 Å². The molecule has 1 aliphatic carbocycles. The largest absolute Gasteiger partial charge is 0.326 e. The fraction of sp³-hybridized carbons (Fsp3) is 0.462. The van der Waals surface area contributed by atoms with Gasteiger partial charge in [-0.15, -0.1) is 11.6 Å². The van der Waals surface area contributed by atoms with Gasteiger partial charge in [0.2, 0.25) is 0 Å². The number of halogens is 1. The van der Waals surface area contributed by atoms with E-state index in [4.69, 9.17) is 11.6 Å². The highest BCUT2D eigenvalue weighted by molar-refractivity contribution is 8.00. The lowest BCUT2D eigenvalue weighted by Crippen LogP contribution is -2.15. The lowest BCUT2D eigenvalue weighted by Gasteiger charge is -2.15. The SMILES string of the molecule is CSC1(Cn2c(CCl)nc3ccccc32)CC1. The van der Waals surface area contributed by atoms with Crippen LogP contribution in [-0.4, -0.2) is 20.6 Å². The molecule has 0 atom stereocenters. The first kappa shape index (κ1) is 11.4. The van der Waals surface area contributed by atoms with Gasteiger partial charge in [0.1, 0.15) is 5.82 Å². The van der Waals surface area contributed by atoms with Crippen LogP contribution in [0.4, 0.5) is 0 Å². The monoisotopic (exact) mass is 266 g/mol. The topological polar surface area (TPSA) is 17.8 Å². The summed E-state index contributed by atoms with van der Waals surface area (Å²) in [5.74, 6) is 1.48. The molecule has 0 amide bonds. The third kappa shape index (κ3) is 1.95. The van der Waals surface area contributed by atoms with Crippen LogP contribution in [0.1, 0.15) is 18.7 Å². The molecule has 1 aromatic heterocycles. The van der Waals surface area contributed by atoms with Crippen molar-refractivity contribution in [3.8, 4) is 0 Å². The number of thioether (sulfide) groups is 1. The van der Waals surface area contributed by atoms with E-state index in [1.54, 1.807) is 0 Å². The molecule has 1 saturated carbocycles. The zero-order valence-corrected chi connectivity index (χ0v) is 11.4. The fourth-order valence-corrected chi connectivity index (χ4v) is 3.23. The Morgan fingerprint density at radius 1 is 1.41 bits per heavy atom. The first-order valence-electron chi connectivity index (χ1n) is 5.83. The number of fused-ring (bicyclic) bond motifs is 1. The highest BCUT2D eigenvalue weighted by Crippen LogP contribution is 2.49. The highest BCUT2D eigenvalue weighted by Gasteiger charge is 2.42. The molecule has 0 aliphatic heterocycles. The van der Waals surface area contributed by atoms with E-state index < -0.39 is 0 Å². The van der Waals surface area contributed by atoms with E-state index in [9.17, 15) is 0 Å². The van der Waals surface area contributed by atoms with Gasteiger partial charge in [0, 0.05) is 11.3 Å². The van der Waals surface area contributed by atoms with Crippen molar-refractivity contribution in [3.05, 3.63) is 30.1 Å². The molecule has 2 nitrogen and oxygen atoms in total. The highest BCUT2D eigenvalue weighted by atomic mass is 35.5. The summed E-state index contributed by atoms with van der Waals surface area (Å²) in [7, 11) is 0. The number of imidazole rings is 1. The maximum absolute atomic E-state index is 6.01. The van der Waals surface area contributed by atoms with Crippen molar-refractivity contribution in [1.82, 2.24) is 9.55 Å². The van der Waals surface area contributed by atoms with E-state index in [2.05, 4.69) is 34.0 Å². The Hall–Kier alpha value is -0.670. The van der Waals surface area contributed by atoms with Crippen LogP contribution in [0.3, 0.4) is 0 Å². The molecule has 4 heteroatoms. The first-order chi connectivity index (χ1) is 8.28. The second kappa shape index (κ2) is 4.21. The van der Waals surface area contributed by atoms with Gasteiger partial charge in [0.15, 0.2) is 0 Å². The molecule has 3 rings (SSSR count). The maximum atomic E-state index is 6.01. The van der Waals surface area contributed by atoms with Gasteiger partial charge in [-0.2, -0.15) is 11.8 Å². The molecule has 17 heavy (non-hydrogen) atoms. The van der Waals surface area contributed by atoms with Crippen LogP contribution in [0.5, 0.6) is 0 Å². The molecule has 0 unspecified atom stereocenters. The van der Waals surface area contributed by atoms with Crippen LogP contribution in [0.15, 0.2) is 24.3 Å². The Morgan fingerprint density at radius 3 is 2.82 bits per heavy atom. The molecule has 2 aromatic rings. The summed E-state index contributed by atoms with van der Waals surface area (Å²) in [6.07, 6.45) is 4.82. The lowest BCUT2D eigenvalue weighted by molar-refractivity contribution is 0.655. The van der Waals surface area contributed by atoms with Crippen molar-refractivity contribution in [2.75, 3.05) is 6.26 Å². The standard InChI is InChI=1S/C13H15ClN2S/c1-17-13(6-7-13)9-16-11-5-3-2-4-10(11)15-12(16)8-14/h2-5H,6-9H2,1H3. The zero-order valence-electron chi connectivity index (χ0n) is 9.82. The summed E-state index contributed by atoms with van der Waals surface area (Å²) < 4.78 is 2.73. The second-order valence-corrected chi connectivity index (χ2v) is 6.17. The fourth-order valence-electron chi connectivity index (χ4n) is 2.26. The summed E-state index contributed by atoms with van der Waals surface area (Å²) in [5, 5.41) is 0. The summed E-state index contributed by atoms with van der Waals surface area (Å²) in [6.45, 7) is 1.04. The van der Waals surface area contributed by atoms with Crippen molar-refractivity contribution in [2.45, 2.75) is 30.0 Å². The number of nitrogens with zero attached hydrogens (tertiary/aromatic N) is 2. The van der Waals surface area contributed by atoms with E-state index in [0.29, 0.717) is 10.6 Å². The Bertz CT molecular complexity index is 545.